The van der Waals surface area contributed by atoms with Crippen molar-refractivity contribution < 1.29 is 9.53 Å². The first-order chi connectivity index (χ1) is 13.2. The first kappa shape index (κ1) is 19.4. The number of amides is 2. The number of nitrogens with zero attached hydrogens (tertiary/aromatic N) is 2. The second-order valence-corrected chi connectivity index (χ2v) is 6.97. The Morgan fingerprint density at radius 3 is 2.63 bits per heavy atom. The lowest BCUT2D eigenvalue weighted by Crippen LogP contribution is -2.52. The summed E-state index contributed by atoms with van der Waals surface area (Å²) in [6.07, 6.45) is 0.981. The van der Waals surface area contributed by atoms with E-state index in [-0.39, 0.29) is 6.03 Å². The van der Waals surface area contributed by atoms with Gasteiger partial charge in [0.2, 0.25) is 0 Å². The van der Waals surface area contributed by atoms with Gasteiger partial charge >= 0.3 is 6.03 Å². The molecule has 0 atom stereocenters. The fourth-order valence-electron chi connectivity index (χ4n) is 3.13. The highest BCUT2D eigenvalue weighted by Crippen LogP contribution is 2.20. The van der Waals surface area contributed by atoms with Crippen LogP contribution >= 0.6 is 11.6 Å². The lowest BCUT2D eigenvalue weighted by Gasteiger charge is -2.36. The molecule has 0 aromatic heterocycles. The smallest absolute Gasteiger partial charge is 0.317 e. The summed E-state index contributed by atoms with van der Waals surface area (Å²) in [6, 6.07) is 15.8. The molecule has 2 amide bonds. The van der Waals surface area contributed by atoms with Gasteiger partial charge in [0.1, 0.15) is 12.4 Å². The molecule has 0 unspecified atom stereocenters. The zero-order valence-electron chi connectivity index (χ0n) is 15.7. The monoisotopic (exact) mass is 387 g/mol. The number of carbonyl (C=O) groups is 1. The topological polar surface area (TPSA) is 44.8 Å². The van der Waals surface area contributed by atoms with Gasteiger partial charge in [-0.2, -0.15) is 0 Å². The van der Waals surface area contributed by atoms with E-state index < -0.39 is 0 Å². The third kappa shape index (κ3) is 5.54. The Labute approximate surface area is 165 Å². The molecule has 1 fully saturated rings. The van der Waals surface area contributed by atoms with E-state index in [0.29, 0.717) is 26.2 Å². The maximum Gasteiger partial charge on any atom is 0.317 e. The van der Waals surface area contributed by atoms with Gasteiger partial charge in [-0.1, -0.05) is 36.7 Å². The number of piperazine rings is 1. The summed E-state index contributed by atoms with van der Waals surface area (Å²) in [5.74, 6) is 0.846. The molecule has 5 nitrogen and oxygen atoms in total. The van der Waals surface area contributed by atoms with Crippen LogP contribution in [-0.2, 0) is 6.42 Å². The third-order valence-electron chi connectivity index (χ3n) is 4.69. The van der Waals surface area contributed by atoms with Crippen molar-refractivity contribution in [1.29, 1.82) is 0 Å². The Balaban J connectivity index is 1.38. The Morgan fingerprint density at radius 1 is 1.11 bits per heavy atom. The molecule has 0 spiro atoms. The second-order valence-electron chi connectivity index (χ2n) is 6.54. The minimum absolute atomic E-state index is 0.0355. The van der Waals surface area contributed by atoms with Crippen molar-refractivity contribution in [2.45, 2.75) is 13.3 Å². The standard InChI is InChI=1S/C21H26ClN3O2/c1-2-17-5-3-8-20(15-17)27-14-9-23-21(26)25-12-10-24(11-13-25)19-7-4-6-18(22)16-19/h3-8,15-16H,2,9-14H2,1H3,(H,23,26). The number of nitrogens with one attached hydrogen (secondary N) is 1. The summed E-state index contributed by atoms with van der Waals surface area (Å²) in [7, 11) is 0. The first-order valence-corrected chi connectivity index (χ1v) is 9.78. The number of benzene rings is 2. The van der Waals surface area contributed by atoms with Crippen LogP contribution in [0.15, 0.2) is 48.5 Å². The van der Waals surface area contributed by atoms with E-state index in [1.165, 1.54) is 5.56 Å². The predicted molar refractivity (Wildman–Crippen MR) is 110 cm³/mol. The van der Waals surface area contributed by atoms with Gasteiger partial charge in [-0.3, -0.25) is 0 Å². The fourth-order valence-corrected chi connectivity index (χ4v) is 3.32. The summed E-state index contributed by atoms with van der Waals surface area (Å²) < 4.78 is 5.72. The SMILES string of the molecule is CCc1cccc(OCCNC(=O)N2CCN(c3cccc(Cl)c3)CC2)c1. The largest absolute Gasteiger partial charge is 0.492 e. The van der Waals surface area contributed by atoms with Gasteiger partial charge in [0, 0.05) is 36.9 Å². The Hall–Kier alpha value is -2.40. The molecule has 27 heavy (non-hydrogen) atoms. The van der Waals surface area contributed by atoms with Crippen LogP contribution in [-0.4, -0.2) is 50.3 Å². The number of aryl methyl sites for hydroxylation is 1. The summed E-state index contributed by atoms with van der Waals surface area (Å²) in [4.78, 5) is 16.4. The molecule has 2 aromatic rings. The van der Waals surface area contributed by atoms with E-state index >= 15 is 0 Å². The van der Waals surface area contributed by atoms with Crippen molar-refractivity contribution >= 4 is 23.3 Å². The number of ether oxygens (including phenoxy) is 1. The summed E-state index contributed by atoms with van der Waals surface area (Å²) in [5, 5.41) is 3.67. The first-order valence-electron chi connectivity index (χ1n) is 9.40. The van der Waals surface area contributed by atoms with Crippen molar-refractivity contribution in [2.75, 3.05) is 44.2 Å². The molecule has 0 bridgehead atoms. The third-order valence-corrected chi connectivity index (χ3v) is 4.93. The van der Waals surface area contributed by atoms with Crippen LogP contribution in [0.4, 0.5) is 10.5 Å². The molecule has 1 aliphatic heterocycles. The summed E-state index contributed by atoms with van der Waals surface area (Å²) in [5.41, 5.74) is 2.35. The highest BCUT2D eigenvalue weighted by atomic mass is 35.5. The number of hydrogen-bond acceptors (Lipinski definition) is 3. The average Bonchev–Trinajstić information content (AvgIpc) is 2.71. The quantitative estimate of drug-likeness (QED) is 0.766. The van der Waals surface area contributed by atoms with Crippen LogP contribution in [0.1, 0.15) is 12.5 Å². The minimum Gasteiger partial charge on any atom is -0.492 e. The number of anilines is 1. The Bertz CT molecular complexity index is 761. The highest BCUT2D eigenvalue weighted by molar-refractivity contribution is 6.30. The van der Waals surface area contributed by atoms with Crippen molar-refractivity contribution in [3.05, 3.63) is 59.1 Å². The maximum atomic E-state index is 12.3. The normalized spacial score (nSPS) is 14.1. The van der Waals surface area contributed by atoms with Gasteiger partial charge in [0.25, 0.3) is 0 Å². The minimum atomic E-state index is -0.0355. The number of halogens is 1. The molecule has 2 aromatic carbocycles. The van der Waals surface area contributed by atoms with E-state index in [4.69, 9.17) is 16.3 Å². The van der Waals surface area contributed by atoms with Crippen LogP contribution in [0.2, 0.25) is 5.02 Å². The van der Waals surface area contributed by atoms with E-state index in [9.17, 15) is 4.79 Å². The summed E-state index contributed by atoms with van der Waals surface area (Å²) >= 11 is 6.06. The molecule has 144 valence electrons. The van der Waals surface area contributed by atoms with E-state index in [1.54, 1.807) is 0 Å². The highest BCUT2D eigenvalue weighted by Gasteiger charge is 2.21. The number of urea groups is 1. The molecule has 3 rings (SSSR count). The molecule has 1 saturated heterocycles. The fraction of sp³-hybridized carbons (Fsp3) is 0.381. The van der Waals surface area contributed by atoms with Gasteiger partial charge in [0.15, 0.2) is 0 Å². The van der Waals surface area contributed by atoms with Gasteiger partial charge in [0.05, 0.1) is 6.54 Å². The van der Waals surface area contributed by atoms with E-state index in [2.05, 4.69) is 23.2 Å². The maximum absolute atomic E-state index is 12.3. The van der Waals surface area contributed by atoms with E-state index in [1.807, 2.05) is 47.4 Å². The lowest BCUT2D eigenvalue weighted by atomic mass is 10.2. The molecular weight excluding hydrogens is 362 g/mol. The average molecular weight is 388 g/mol. The van der Waals surface area contributed by atoms with Crippen LogP contribution in [0.5, 0.6) is 5.75 Å². The molecule has 1 aliphatic rings. The molecule has 1 N–H and O–H groups in total. The molecule has 1 heterocycles. The van der Waals surface area contributed by atoms with Gasteiger partial charge in [-0.15, -0.1) is 0 Å². The molecule has 6 heteroatoms. The lowest BCUT2D eigenvalue weighted by molar-refractivity contribution is 0.191. The Kier molecular flexibility index (Phi) is 6.82. The van der Waals surface area contributed by atoms with Crippen molar-refractivity contribution in [3.8, 4) is 5.75 Å². The van der Waals surface area contributed by atoms with Crippen molar-refractivity contribution in [1.82, 2.24) is 10.2 Å². The van der Waals surface area contributed by atoms with Crippen LogP contribution in [0, 0.1) is 0 Å². The van der Waals surface area contributed by atoms with Crippen LogP contribution in [0.25, 0.3) is 0 Å². The molecule has 0 aliphatic carbocycles. The number of rotatable bonds is 6. The van der Waals surface area contributed by atoms with Crippen LogP contribution in [0.3, 0.4) is 0 Å². The van der Waals surface area contributed by atoms with Crippen LogP contribution < -0.4 is 15.0 Å². The van der Waals surface area contributed by atoms with Gasteiger partial charge in [-0.05, 0) is 42.3 Å². The zero-order valence-corrected chi connectivity index (χ0v) is 16.4. The van der Waals surface area contributed by atoms with Gasteiger partial charge < -0.3 is 19.9 Å². The van der Waals surface area contributed by atoms with Gasteiger partial charge in [-0.25, -0.2) is 4.79 Å². The molecular formula is C21H26ClN3O2. The van der Waals surface area contributed by atoms with E-state index in [0.717, 1.165) is 36.0 Å². The number of carbonyl (C=O) groups excluding carboxylic acids is 1. The van der Waals surface area contributed by atoms with Crippen molar-refractivity contribution in [3.63, 3.8) is 0 Å². The number of hydrogen-bond donors (Lipinski definition) is 1. The zero-order chi connectivity index (χ0) is 19.1. The predicted octanol–water partition coefficient (Wildman–Crippen LogP) is 3.81. The second kappa shape index (κ2) is 9.51. The molecule has 0 saturated carbocycles. The Morgan fingerprint density at radius 2 is 1.89 bits per heavy atom. The summed E-state index contributed by atoms with van der Waals surface area (Å²) in [6.45, 7) is 6.05. The van der Waals surface area contributed by atoms with Crippen molar-refractivity contribution in [2.24, 2.45) is 0 Å². The molecule has 0 radical (unpaired) electrons.